The van der Waals surface area contributed by atoms with Crippen LogP contribution >= 0.6 is 0 Å². The van der Waals surface area contributed by atoms with Crippen LogP contribution in [-0.4, -0.2) is 12.0 Å². The molecule has 1 rings (SSSR count). The summed E-state index contributed by atoms with van der Waals surface area (Å²) in [5, 5.41) is 10.4. The average Bonchev–Trinajstić information content (AvgIpc) is 2.07. The molecular formula is C8H8FNO3. The van der Waals surface area contributed by atoms with Crippen molar-refractivity contribution in [2.24, 2.45) is 0 Å². The van der Waals surface area contributed by atoms with E-state index in [2.05, 4.69) is 4.74 Å². The quantitative estimate of drug-likeness (QED) is 0.523. The highest BCUT2D eigenvalue weighted by Gasteiger charge is 2.15. The summed E-state index contributed by atoms with van der Waals surface area (Å²) in [6.07, 6.45) is 0. The Kier molecular flexibility index (Phi) is 2.46. The summed E-state index contributed by atoms with van der Waals surface area (Å²) in [5.41, 5.74) is 0.140. The van der Waals surface area contributed by atoms with Gasteiger partial charge in [-0.05, 0) is 13.0 Å². The largest absolute Gasteiger partial charge is 0.494 e. The lowest BCUT2D eigenvalue weighted by molar-refractivity contribution is -0.385. The number of rotatable bonds is 2. The Morgan fingerprint density at radius 2 is 2.15 bits per heavy atom. The van der Waals surface area contributed by atoms with Gasteiger partial charge in [-0.15, -0.1) is 0 Å². The van der Waals surface area contributed by atoms with Crippen molar-refractivity contribution < 1.29 is 14.1 Å². The summed E-state index contributed by atoms with van der Waals surface area (Å²) in [7, 11) is 1.31. The second-order valence-corrected chi connectivity index (χ2v) is 2.53. The Balaban J connectivity index is 3.28. The van der Waals surface area contributed by atoms with Gasteiger partial charge in [-0.2, -0.15) is 0 Å². The van der Waals surface area contributed by atoms with Gasteiger partial charge in [0, 0.05) is 5.56 Å². The number of ether oxygens (including phenoxy) is 1. The van der Waals surface area contributed by atoms with Gasteiger partial charge in [0.2, 0.25) is 0 Å². The summed E-state index contributed by atoms with van der Waals surface area (Å²) in [5.74, 6) is -0.706. The van der Waals surface area contributed by atoms with Gasteiger partial charge in [-0.3, -0.25) is 10.1 Å². The third-order valence-electron chi connectivity index (χ3n) is 1.67. The fourth-order valence-corrected chi connectivity index (χ4v) is 0.998. The summed E-state index contributed by atoms with van der Waals surface area (Å²) in [6.45, 7) is 1.53. The Morgan fingerprint density at radius 3 is 2.62 bits per heavy atom. The van der Waals surface area contributed by atoms with E-state index >= 15 is 0 Å². The number of methoxy groups -OCH3 is 1. The van der Waals surface area contributed by atoms with Crippen LogP contribution in [0, 0.1) is 22.9 Å². The number of nitrogens with zero attached hydrogens (tertiary/aromatic N) is 1. The lowest BCUT2D eigenvalue weighted by Gasteiger charge is -2.02. The molecular weight excluding hydrogens is 177 g/mol. The smallest absolute Gasteiger partial charge is 0.275 e. The molecule has 1 aromatic carbocycles. The molecule has 0 unspecified atom stereocenters. The maximum atomic E-state index is 13.0. The number of nitro benzene ring substituents is 1. The molecule has 0 fully saturated rings. The molecule has 0 aliphatic carbocycles. The van der Waals surface area contributed by atoms with Crippen molar-refractivity contribution in [1.29, 1.82) is 0 Å². The van der Waals surface area contributed by atoms with E-state index in [1.807, 2.05) is 0 Å². The average molecular weight is 185 g/mol. The molecule has 0 saturated carbocycles. The van der Waals surface area contributed by atoms with Crippen LogP contribution in [0.15, 0.2) is 12.1 Å². The minimum atomic E-state index is -0.722. The molecule has 0 atom stereocenters. The van der Waals surface area contributed by atoms with Crippen LogP contribution in [0.2, 0.25) is 0 Å². The lowest BCUT2D eigenvalue weighted by atomic mass is 10.2. The molecule has 0 aliphatic heterocycles. The number of benzene rings is 1. The van der Waals surface area contributed by atoms with E-state index in [-0.39, 0.29) is 11.4 Å². The van der Waals surface area contributed by atoms with Crippen molar-refractivity contribution in [2.45, 2.75) is 6.92 Å². The van der Waals surface area contributed by atoms with Gasteiger partial charge < -0.3 is 4.74 Å². The zero-order chi connectivity index (χ0) is 10.0. The highest BCUT2D eigenvalue weighted by atomic mass is 19.1. The lowest BCUT2D eigenvalue weighted by Crippen LogP contribution is -1.95. The third kappa shape index (κ3) is 1.74. The zero-order valence-electron chi connectivity index (χ0n) is 7.20. The van der Waals surface area contributed by atoms with Crippen LogP contribution < -0.4 is 4.74 Å². The highest BCUT2D eigenvalue weighted by molar-refractivity contribution is 5.45. The predicted octanol–water partition coefficient (Wildman–Crippen LogP) is 2.05. The van der Waals surface area contributed by atoms with Crippen LogP contribution in [0.1, 0.15) is 5.56 Å². The maximum Gasteiger partial charge on any atom is 0.275 e. The van der Waals surface area contributed by atoms with Gasteiger partial charge in [0.15, 0.2) is 11.6 Å². The van der Waals surface area contributed by atoms with Crippen molar-refractivity contribution >= 4 is 5.69 Å². The molecule has 5 heteroatoms. The molecule has 70 valence electrons. The molecule has 0 amide bonds. The summed E-state index contributed by atoms with van der Waals surface area (Å²) >= 11 is 0. The first-order valence-corrected chi connectivity index (χ1v) is 3.54. The number of hydrogen-bond acceptors (Lipinski definition) is 3. The first kappa shape index (κ1) is 9.44. The Morgan fingerprint density at radius 1 is 1.54 bits per heavy atom. The number of hydrogen-bond donors (Lipinski definition) is 0. The SMILES string of the molecule is COc1cc(C)c([N+](=O)[O-])cc1F. The van der Waals surface area contributed by atoms with Crippen LogP contribution in [-0.2, 0) is 0 Å². The molecule has 0 spiro atoms. The Hall–Kier alpha value is -1.65. The van der Waals surface area contributed by atoms with E-state index < -0.39 is 10.7 Å². The summed E-state index contributed by atoms with van der Waals surface area (Å²) in [6, 6.07) is 2.15. The minimum Gasteiger partial charge on any atom is -0.494 e. The zero-order valence-corrected chi connectivity index (χ0v) is 7.20. The monoisotopic (exact) mass is 185 g/mol. The fraction of sp³-hybridized carbons (Fsp3) is 0.250. The van der Waals surface area contributed by atoms with Crippen molar-refractivity contribution in [3.05, 3.63) is 33.6 Å². The van der Waals surface area contributed by atoms with Gasteiger partial charge in [-0.1, -0.05) is 0 Å². The third-order valence-corrected chi connectivity index (χ3v) is 1.67. The predicted molar refractivity (Wildman–Crippen MR) is 44.3 cm³/mol. The standard InChI is InChI=1S/C8H8FNO3/c1-5-3-8(13-2)6(9)4-7(5)10(11)12/h3-4H,1-2H3. The van der Waals surface area contributed by atoms with E-state index in [0.717, 1.165) is 6.07 Å². The molecule has 0 N–H and O–H groups in total. The molecule has 0 aromatic heterocycles. The molecule has 0 aliphatic rings. The molecule has 0 saturated heterocycles. The topological polar surface area (TPSA) is 52.4 Å². The van der Waals surface area contributed by atoms with E-state index in [9.17, 15) is 14.5 Å². The summed E-state index contributed by atoms with van der Waals surface area (Å²) < 4.78 is 17.6. The second kappa shape index (κ2) is 3.38. The van der Waals surface area contributed by atoms with E-state index in [4.69, 9.17) is 0 Å². The number of aryl methyl sites for hydroxylation is 1. The first-order chi connectivity index (χ1) is 6.06. The summed E-state index contributed by atoms with van der Waals surface area (Å²) in [4.78, 5) is 9.74. The van der Waals surface area contributed by atoms with Gasteiger partial charge in [0.25, 0.3) is 5.69 Å². The van der Waals surface area contributed by atoms with Gasteiger partial charge >= 0.3 is 0 Å². The Bertz CT molecular complexity index is 351. The van der Waals surface area contributed by atoms with E-state index in [1.54, 1.807) is 0 Å². The molecule has 0 heterocycles. The normalized spacial score (nSPS) is 9.77. The fourth-order valence-electron chi connectivity index (χ4n) is 0.998. The van der Waals surface area contributed by atoms with Crippen LogP contribution in [0.4, 0.5) is 10.1 Å². The van der Waals surface area contributed by atoms with Crippen LogP contribution in [0.3, 0.4) is 0 Å². The van der Waals surface area contributed by atoms with Crippen molar-refractivity contribution in [3.8, 4) is 5.75 Å². The molecule has 0 radical (unpaired) electrons. The number of nitro groups is 1. The van der Waals surface area contributed by atoms with Gasteiger partial charge in [-0.25, -0.2) is 4.39 Å². The molecule has 0 bridgehead atoms. The van der Waals surface area contributed by atoms with Crippen molar-refractivity contribution in [1.82, 2.24) is 0 Å². The van der Waals surface area contributed by atoms with E-state index in [0.29, 0.717) is 5.56 Å². The maximum absolute atomic E-state index is 13.0. The first-order valence-electron chi connectivity index (χ1n) is 3.54. The van der Waals surface area contributed by atoms with Crippen LogP contribution in [0.5, 0.6) is 5.75 Å². The van der Waals surface area contributed by atoms with Crippen molar-refractivity contribution in [3.63, 3.8) is 0 Å². The van der Waals surface area contributed by atoms with Crippen molar-refractivity contribution in [2.75, 3.05) is 7.11 Å². The molecule has 13 heavy (non-hydrogen) atoms. The van der Waals surface area contributed by atoms with Gasteiger partial charge in [0.05, 0.1) is 18.1 Å². The van der Waals surface area contributed by atoms with E-state index in [1.165, 1.54) is 20.1 Å². The second-order valence-electron chi connectivity index (χ2n) is 2.53. The van der Waals surface area contributed by atoms with Gasteiger partial charge in [0.1, 0.15) is 0 Å². The Labute approximate surface area is 74.1 Å². The molecule has 1 aromatic rings. The molecule has 4 nitrogen and oxygen atoms in total. The highest BCUT2D eigenvalue weighted by Crippen LogP contribution is 2.26. The van der Waals surface area contributed by atoms with Crippen LogP contribution in [0.25, 0.3) is 0 Å². The number of halogens is 1. The minimum absolute atomic E-state index is 0.0168.